The molecule has 2 heterocycles. The molecule has 0 atom stereocenters. The summed E-state index contributed by atoms with van der Waals surface area (Å²) >= 11 is 0. The summed E-state index contributed by atoms with van der Waals surface area (Å²) in [6.07, 6.45) is 2.98. The molecule has 4 heteroatoms. The van der Waals surface area contributed by atoms with Crippen LogP contribution >= 0.6 is 0 Å². The van der Waals surface area contributed by atoms with Crippen LogP contribution in [0.25, 0.3) is 11.5 Å². The zero-order valence-electron chi connectivity index (χ0n) is 12.7. The number of nitrogens with one attached hydrogen (secondary N) is 1. The van der Waals surface area contributed by atoms with Crippen molar-refractivity contribution in [2.24, 2.45) is 0 Å². The zero-order chi connectivity index (χ0) is 14.5. The first-order chi connectivity index (χ1) is 9.60. The summed E-state index contributed by atoms with van der Waals surface area (Å²) in [5.41, 5.74) is 5.13. The second-order valence-corrected chi connectivity index (χ2v) is 5.18. The van der Waals surface area contributed by atoms with Crippen molar-refractivity contribution in [3.63, 3.8) is 0 Å². The second-order valence-electron chi connectivity index (χ2n) is 5.18. The lowest BCUT2D eigenvalue weighted by Crippen LogP contribution is -2.15. The summed E-state index contributed by atoms with van der Waals surface area (Å²) in [5, 5.41) is 3.37. The number of nitrogens with zero attached hydrogens (tertiary/aromatic N) is 3. The van der Waals surface area contributed by atoms with Crippen molar-refractivity contribution in [3.05, 3.63) is 40.8 Å². The molecule has 20 heavy (non-hydrogen) atoms. The zero-order valence-corrected chi connectivity index (χ0v) is 12.7. The Morgan fingerprint density at radius 1 is 1.10 bits per heavy atom. The van der Waals surface area contributed by atoms with Crippen LogP contribution in [0.2, 0.25) is 0 Å². The maximum Gasteiger partial charge on any atom is 0.178 e. The third kappa shape index (κ3) is 3.61. The monoisotopic (exact) mass is 270 g/mol. The summed E-state index contributed by atoms with van der Waals surface area (Å²) in [4.78, 5) is 13.6. The highest BCUT2D eigenvalue weighted by atomic mass is 15.0. The van der Waals surface area contributed by atoms with Crippen LogP contribution in [0.1, 0.15) is 35.9 Å². The highest BCUT2D eigenvalue weighted by Gasteiger charge is 2.09. The van der Waals surface area contributed by atoms with Crippen LogP contribution < -0.4 is 5.32 Å². The molecule has 0 saturated heterocycles. The van der Waals surface area contributed by atoms with E-state index in [-0.39, 0.29) is 0 Å². The summed E-state index contributed by atoms with van der Waals surface area (Å²) < 4.78 is 0. The van der Waals surface area contributed by atoms with Gasteiger partial charge in [-0.3, -0.25) is 4.98 Å². The molecule has 0 unspecified atom stereocenters. The van der Waals surface area contributed by atoms with Crippen molar-refractivity contribution in [3.8, 4) is 11.5 Å². The number of aromatic nitrogens is 3. The highest BCUT2D eigenvalue weighted by Crippen LogP contribution is 2.18. The number of pyridine rings is 1. The predicted octanol–water partition coefficient (Wildman–Crippen LogP) is 2.96. The summed E-state index contributed by atoms with van der Waals surface area (Å²) in [6.45, 7) is 10.0. The molecule has 0 bridgehead atoms. The van der Waals surface area contributed by atoms with Gasteiger partial charge in [0.1, 0.15) is 5.69 Å². The first-order valence-electron chi connectivity index (χ1n) is 7.09. The Morgan fingerprint density at radius 3 is 2.60 bits per heavy atom. The molecule has 2 aromatic rings. The molecule has 0 radical (unpaired) electrons. The van der Waals surface area contributed by atoms with E-state index in [2.05, 4.69) is 40.2 Å². The van der Waals surface area contributed by atoms with Crippen molar-refractivity contribution in [2.75, 3.05) is 6.54 Å². The minimum atomic E-state index is 0.718. The van der Waals surface area contributed by atoms with Gasteiger partial charge in [0.15, 0.2) is 5.82 Å². The van der Waals surface area contributed by atoms with E-state index in [1.807, 2.05) is 26.1 Å². The molecule has 0 aromatic carbocycles. The molecule has 4 nitrogen and oxygen atoms in total. The van der Waals surface area contributed by atoms with E-state index in [1.165, 1.54) is 0 Å². The van der Waals surface area contributed by atoms with E-state index < -0.39 is 0 Å². The van der Waals surface area contributed by atoms with Crippen LogP contribution in [0, 0.1) is 20.8 Å². The van der Waals surface area contributed by atoms with Gasteiger partial charge >= 0.3 is 0 Å². The van der Waals surface area contributed by atoms with Gasteiger partial charge in [-0.25, -0.2) is 9.97 Å². The third-order valence-corrected chi connectivity index (χ3v) is 3.07. The predicted molar refractivity (Wildman–Crippen MR) is 81.5 cm³/mol. The summed E-state index contributed by atoms with van der Waals surface area (Å²) in [7, 11) is 0. The smallest absolute Gasteiger partial charge is 0.178 e. The highest BCUT2D eigenvalue weighted by molar-refractivity contribution is 5.55. The SMILES string of the molecule is CCCNCc1cc(C)nc(-c2ncc(C)cc2C)n1. The molecule has 2 aromatic heterocycles. The van der Waals surface area contributed by atoms with Gasteiger partial charge < -0.3 is 5.32 Å². The third-order valence-electron chi connectivity index (χ3n) is 3.07. The van der Waals surface area contributed by atoms with Crippen LogP contribution in [0.15, 0.2) is 18.3 Å². The lowest BCUT2D eigenvalue weighted by atomic mass is 10.1. The Labute approximate surface area is 120 Å². The van der Waals surface area contributed by atoms with Gasteiger partial charge in [-0.05, 0) is 50.9 Å². The fourth-order valence-corrected chi connectivity index (χ4v) is 2.17. The average molecular weight is 270 g/mol. The maximum atomic E-state index is 4.63. The van der Waals surface area contributed by atoms with Crippen LogP contribution in [0.4, 0.5) is 0 Å². The molecule has 0 aliphatic carbocycles. The van der Waals surface area contributed by atoms with E-state index in [4.69, 9.17) is 0 Å². The topological polar surface area (TPSA) is 50.7 Å². The quantitative estimate of drug-likeness (QED) is 0.849. The minimum absolute atomic E-state index is 0.718. The van der Waals surface area contributed by atoms with Gasteiger partial charge in [0.05, 0.1) is 5.69 Å². The van der Waals surface area contributed by atoms with E-state index in [0.717, 1.165) is 53.5 Å². The Balaban J connectivity index is 2.31. The minimum Gasteiger partial charge on any atom is -0.311 e. The van der Waals surface area contributed by atoms with Gasteiger partial charge in [-0.1, -0.05) is 13.0 Å². The van der Waals surface area contributed by atoms with Crippen LogP contribution in [0.3, 0.4) is 0 Å². The molecule has 0 aliphatic heterocycles. The van der Waals surface area contributed by atoms with Gasteiger partial charge in [-0.2, -0.15) is 0 Å². The Kier molecular flexibility index (Phi) is 4.79. The first kappa shape index (κ1) is 14.6. The van der Waals surface area contributed by atoms with Crippen LogP contribution in [-0.4, -0.2) is 21.5 Å². The van der Waals surface area contributed by atoms with Crippen molar-refractivity contribution in [1.82, 2.24) is 20.3 Å². The standard InChI is InChI=1S/C16H22N4/c1-5-6-17-10-14-8-13(4)19-16(20-14)15-12(3)7-11(2)9-18-15/h7-9,17H,5-6,10H2,1-4H3. The summed E-state index contributed by atoms with van der Waals surface area (Å²) in [5.74, 6) is 0.718. The van der Waals surface area contributed by atoms with E-state index >= 15 is 0 Å². The molecule has 1 N–H and O–H groups in total. The Bertz CT molecular complexity index is 593. The van der Waals surface area contributed by atoms with E-state index in [9.17, 15) is 0 Å². The van der Waals surface area contributed by atoms with E-state index in [0.29, 0.717) is 0 Å². The molecule has 0 spiro atoms. The normalized spacial score (nSPS) is 10.8. The van der Waals surface area contributed by atoms with Gasteiger partial charge in [0.2, 0.25) is 0 Å². The van der Waals surface area contributed by atoms with E-state index in [1.54, 1.807) is 0 Å². The molecule has 2 rings (SSSR count). The first-order valence-corrected chi connectivity index (χ1v) is 7.09. The van der Waals surface area contributed by atoms with Gasteiger partial charge in [0, 0.05) is 18.4 Å². The Hall–Kier alpha value is -1.81. The number of hydrogen-bond donors (Lipinski definition) is 1. The fourth-order valence-electron chi connectivity index (χ4n) is 2.17. The van der Waals surface area contributed by atoms with Crippen LogP contribution in [0.5, 0.6) is 0 Å². The molecule has 0 fully saturated rings. The second kappa shape index (κ2) is 6.57. The largest absolute Gasteiger partial charge is 0.311 e. The molecule has 0 aliphatic rings. The maximum absolute atomic E-state index is 4.63. The van der Waals surface area contributed by atoms with Crippen molar-refractivity contribution in [2.45, 2.75) is 40.7 Å². The lowest BCUT2D eigenvalue weighted by Gasteiger charge is -2.08. The molecule has 0 saturated carbocycles. The van der Waals surface area contributed by atoms with Crippen molar-refractivity contribution >= 4 is 0 Å². The van der Waals surface area contributed by atoms with Crippen molar-refractivity contribution in [1.29, 1.82) is 0 Å². The lowest BCUT2D eigenvalue weighted by molar-refractivity contribution is 0.662. The Morgan fingerprint density at radius 2 is 1.90 bits per heavy atom. The fraction of sp³-hybridized carbons (Fsp3) is 0.438. The molecular weight excluding hydrogens is 248 g/mol. The molecular formula is C16H22N4. The molecule has 0 amide bonds. The van der Waals surface area contributed by atoms with Gasteiger partial charge in [0.25, 0.3) is 0 Å². The van der Waals surface area contributed by atoms with Crippen LogP contribution in [-0.2, 0) is 6.54 Å². The number of rotatable bonds is 5. The van der Waals surface area contributed by atoms with Crippen molar-refractivity contribution < 1.29 is 0 Å². The number of aryl methyl sites for hydroxylation is 3. The number of hydrogen-bond acceptors (Lipinski definition) is 4. The summed E-state index contributed by atoms with van der Waals surface area (Å²) in [6, 6.07) is 4.14. The average Bonchev–Trinajstić information content (AvgIpc) is 2.38. The van der Waals surface area contributed by atoms with Gasteiger partial charge in [-0.15, -0.1) is 0 Å². The molecule has 106 valence electrons.